The van der Waals surface area contributed by atoms with Gasteiger partial charge in [-0.1, -0.05) is 11.6 Å². The van der Waals surface area contributed by atoms with E-state index in [1.807, 2.05) is 12.1 Å². The van der Waals surface area contributed by atoms with Crippen molar-refractivity contribution in [1.29, 1.82) is 0 Å². The average molecular weight is 302 g/mol. The maximum absolute atomic E-state index is 13.1. The summed E-state index contributed by atoms with van der Waals surface area (Å²) in [6.45, 7) is 2.08. The van der Waals surface area contributed by atoms with Crippen molar-refractivity contribution in [2.45, 2.75) is 26.2 Å². The van der Waals surface area contributed by atoms with Gasteiger partial charge in [0, 0.05) is 17.8 Å². The summed E-state index contributed by atoms with van der Waals surface area (Å²) in [6, 6.07) is 6.24. The minimum Gasteiger partial charge on any atom is -0.273 e. The molecule has 5 rings (SSSR count). The zero-order chi connectivity index (χ0) is 15.6. The highest BCUT2D eigenvalue weighted by molar-refractivity contribution is 5.94. The third-order valence-corrected chi connectivity index (χ3v) is 4.67. The highest BCUT2D eigenvalue weighted by Crippen LogP contribution is 2.32. The lowest BCUT2D eigenvalue weighted by molar-refractivity contribution is 0.788. The van der Waals surface area contributed by atoms with Crippen LogP contribution in [0.2, 0.25) is 0 Å². The summed E-state index contributed by atoms with van der Waals surface area (Å²) in [5.41, 5.74) is 5.91. The molecule has 0 aliphatic heterocycles. The monoisotopic (exact) mass is 302 g/mol. The molecule has 0 N–H and O–H groups in total. The van der Waals surface area contributed by atoms with Gasteiger partial charge in [0.15, 0.2) is 11.2 Å². The van der Waals surface area contributed by atoms with Crippen molar-refractivity contribution >= 4 is 27.6 Å². The smallest absolute Gasteiger partial charge is 0.273 e. The molecular weight excluding hydrogens is 288 g/mol. The number of rotatable bonds is 0. The van der Waals surface area contributed by atoms with E-state index in [0.717, 1.165) is 41.4 Å². The van der Waals surface area contributed by atoms with E-state index in [2.05, 4.69) is 27.9 Å². The van der Waals surface area contributed by atoms with Crippen LogP contribution >= 0.6 is 0 Å². The van der Waals surface area contributed by atoms with Crippen molar-refractivity contribution < 1.29 is 0 Å². The number of hydrogen-bond acceptors (Lipinski definition) is 4. The fourth-order valence-corrected chi connectivity index (χ4v) is 3.69. The van der Waals surface area contributed by atoms with E-state index in [4.69, 9.17) is 0 Å². The van der Waals surface area contributed by atoms with Crippen LogP contribution < -0.4 is 5.56 Å². The number of fused-ring (bicyclic) bond motifs is 4. The Morgan fingerprint density at radius 2 is 2.00 bits per heavy atom. The molecule has 0 unspecified atom stereocenters. The molecule has 0 radical (unpaired) electrons. The van der Waals surface area contributed by atoms with E-state index in [-0.39, 0.29) is 5.56 Å². The van der Waals surface area contributed by atoms with E-state index in [9.17, 15) is 4.79 Å². The molecule has 23 heavy (non-hydrogen) atoms. The van der Waals surface area contributed by atoms with Gasteiger partial charge in [-0.15, -0.1) is 0 Å². The Morgan fingerprint density at radius 1 is 1.13 bits per heavy atom. The average Bonchev–Trinajstić information content (AvgIpc) is 2.82. The van der Waals surface area contributed by atoms with Gasteiger partial charge in [0.25, 0.3) is 5.56 Å². The Hall–Kier alpha value is -2.82. The maximum atomic E-state index is 13.1. The molecule has 4 aromatic rings. The van der Waals surface area contributed by atoms with Gasteiger partial charge in [-0.3, -0.25) is 9.20 Å². The molecule has 112 valence electrons. The Balaban J connectivity index is 2.19. The topological polar surface area (TPSA) is 60.2 Å². The Kier molecular flexibility index (Phi) is 2.40. The lowest BCUT2D eigenvalue weighted by atomic mass is 9.97. The molecule has 0 fully saturated rings. The summed E-state index contributed by atoms with van der Waals surface area (Å²) in [6.07, 6.45) is 6.02. The first-order chi connectivity index (χ1) is 11.2. The SMILES string of the molecule is Cc1ccc2c(c1)c1c3c(nc4nccnc4c(=O)n32)CCC1. The van der Waals surface area contributed by atoms with Gasteiger partial charge < -0.3 is 0 Å². The van der Waals surface area contributed by atoms with E-state index in [1.54, 1.807) is 16.8 Å². The van der Waals surface area contributed by atoms with Crippen LogP contribution in [0.1, 0.15) is 23.2 Å². The summed E-state index contributed by atoms with van der Waals surface area (Å²) in [5, 5.41) is 1.16. The number of benzene rings is 1. The number of aromatic nitrogens is 4. The summed E-state index contributed by atoms with van der Waals surface area (Å²) >= 11 is 0. The fraction of sp³-hybridized carbons (Fsp3) is 0.222. The van der Waals surface area contributed by atoms with Crippen molar-refractivity contribution in [3.8, 4) is 0 Å². The second kappa shape index (κ2) is 4.35. The normalized spacial score (nSPS) is 14.0. The molecular formula is C18H14N4O. The predicted molar refractivity (Wildman–Crippen MR) is 88.8 cm³/mol. The first-order valence-corrected chi connectivity index (χ1v) is 7.81. The van der Waals surface area contributed by atoms with Crippen molar-refractivity contribution in [2.24, 2.45) is 0 Å². The van der Waals surface area contributed by atoms with Crippen LogP contribution in [0.4, 0.5) is 0 Å². The van der Waals surface area contributed by atoms with Crippen LogP contribution in [0, 0.1) is 6.92 Å². The molecule has 5 heteroatoms. The summed E-state index contributed by atoms with van der Waals surface area (Å²) in [7, 11) is 0. The van der Waals surface area contributed by atoms with Gasteiger partial charge in [-0.2, -0.15) is 0 Å². The van der Waals surface area contributed by atoms with Crippen LogP contribution in [-0.4, -0.2) is 19.4 Å². The van der Waals surface area contributed by atoms with Gasteiger partial charge in [-0.05, 0) is 43.9 Å². The molecule has 0 bridgehead atoms. The van der Waals surface area contributed by atoms with E-state index in [0.29, 0.717) is 11.2 Å². The minimum atomic E-state index is -0.135. The van der Waals surface area contributed by atoms with Crippen molar-refractivity contribution in [2.75, 3.05) is 0 Å². The maximum Gasteiger partial charge on any atom is 0.285 e. The second-order valence-corrected chi connectivity index (χ2v) is 6.13. The molecule has 3 aromatic heterocycles. The highest BCUT2D eigenvalue weighted by atomic mass is 16.1. The molecule has 0 saturated heterocycles. The highest BCUT2D eigenvalue weighted by Gasteiger charge is 2.22. The molecule has 0 atom stereocenters. The number of nitrogens with zero attached hydrogens (tertiary/aromatic N) is 4. The van der Waals surface area contributed by atoms with Gasteiger partial charge in [-0.25, -0.2) is 15.0 Å². The van der Waals surface area contributed by atoms with Crippen molar-refractivity contribution in [1.82, 2.24) is 19.4 Å². The molecule has 1 aromatic carbocycles. The first-order valence-electron chi connectivity index (χ1n) is 7.81. The second-order valence-electron chi connectivity index (χ2n) is 6.13. The Labute approximate surface area is 131 Å². The van der Waals surface area contributed by atoms with Gasteiger partial charge in [0.1, 0.15) is 0 Å². The van der Waals surface area contributed by atoms with Crippen LogP contribution in [0.15, 0.2) is 35.4 Å². The van der Waals surface area contributed by atoms with Gasteiger partial charge in [0.05, 0.1) is 16.7 Å². The molecule has 0 spiro atoms. The quantitative estimate of drug-likeness (QED) is 0.501. The predicted octanol–water partition coefficient (Wildman–Crippen LogP) is 2.59. The lowest BCUT2D eigenvalue weighted by Crippen LogP contribution is -2.12. The molecule has 5 nitrogen and oxygen atoms in total. The molecule has 3 heterocycles. The zero-order valence-corrected chi connectivity index (χ0v) is 12.7. The van der Waals surface area contributed by atoms with Gasteiger partial charge >= 0.3 is 0 Å². The number of hydrogen-bond donors (Lipinski definition) is 0. The molecule has 1 aliphatic carbocycles. The fourth-order valence-electron chi connectivity index (χ4n) is 3.69. The van der Waals surface area contributed by atoms with E-state index in [1.165, 1.54) is 11.1 Å². The third-order valence-electron chi connectivity index (χ3n) is 4.67. The van der Waals surface area contributed by atoms with Crippen LogP contribution in [0.5, 0.6) is 0 Å². The Bertz CT molecular complexity index is 1180. The molecule has 1 aliphatic rings. The number of aryl methyl sites for hydroxylation is 3. The van der Waals surface area contributed by atoms with E-state index < -0.39 is 0 Å². The standard InChI is InChI=1S/C18H14N4O/c1-10-5-6-14-12(9-10)11-3-2-4-13-16(11)22(14)18(23)15-17(21-13)20-8-7-19-15/h5-9H,2-4H2,1H3. The summed E-state index contributed by atoms with van der Waals surface area (Å²) < 4.78 is 1.79. The summed E-state index contributed by atoms with van der Waals surface area (Å²) in [5.74, 6) is 0. The molecule has 0 saturated carbocycles. The first kappa shape index (κ1) is 12.7. The lowest BCUT2D eigenvalue weighted by Gasteiger charge is -2.09. The minimum absolute atomic E-state index is 0.135. The van der Waals surface area contributed by atoms with Crippen molar-refractivity contribution in [3.63, 3.8) is 0 Å². The largest absolute Gasteiger partial charge is 0.285 e. The Morgan fingerprint density at radius 3 is 2.91 bits per heavy atom. The van der Waals surface area contributed by atoms with Crippen LogP contribution in [-0.2, 0) is 12.8 Å². The van der Waals surface area contributed by atoms with Crippen LogP contribution in [0.3, 0.4) is 0 Å². The molecule has 0 amide bonds. The summed E-state index contributed by atoms with van der Waals surface area (Å²) in [4.78, 5) is 26.3. The van der Waals surface area contributed by atoms with E-state index >= 15 is 0 Å². The third kappa shape index (κ3) is 1.62. The van der Waals surface area contributed by atoms with Crippen LogP contribution in [0.25, 0.3) is 27.6 Å². The van der Waals surface area contributed by atoms with Gasteiger partial charge in [0.2, 0.25) is 0 Å². The zero-order valence-electron chi connectivity index (χ0n) is 12.7. The van der Waals surface area contributed by atoms with Crippen molar-refractivity contribution in [3.05, 3.63) is 57.8 Å².